The molecule has 0 spiro atoms. The van der Waals surface area contributed by atoms with Gasteiger partial charge in [-0.3, -0.25) is 0 Å². The van der Waals surface area contributed by atoms with Gasteiger partial charge < -0.3 is 15.5 Å². The van der Waals surface area contributed by atoms with Gasteiger partial charge in [-0.05, 0) is 30.3 Å². The van der Waals surface area contributed by atoms with Crippen LogP contribution in [0.4, 0.5) is 16.3 Å². The monoisotopic (exact) mass is 336 g/mol. The Labute approximate surface area is 146 Å². The van der Waals surface area contributed by atoms with Crippen molar-refractivity contribution in [2.45, 2.75) is 6.54 Å². The summed E-state index contributed by atoms with van der Waals surface area (Å²) in [5, 5.41) is 9.88. The number of anilines is 2. The van der Waals surface area contributed by atoms with Crippen LogP contribution in [0.2, 0.25) is 0 Å². The van der Waals surface area contributed by atoms with Crippen molar-refractivity contribution >= 4 is 17.5 Å². The summed E-state index contributed by atoms with van der Waals surface area (Å²) < 4.78 is 1.74. The van der Waals surface area contributed by atoms with Gasteiger partial charge >= 0.3 is 6.03 Å². The molecule has 0 saturated heterocycles. The molecule has 0 aliphatic rings. The van der Waals surface area contributed by atoms with Gasteiger partial charge in [0.05, 0.1) is 5.69 Å². The van der Waals surface area contributed by atoms with Crippen LogP contribution in [0.3, 0.4) is 0 Å². The fourth-order valence-electron chi connectivity index (χ4n) is 2.47. The highest BCUT2D eigenvalue weighted by Gasteiger charge is 2.08. The third-order valence-corrected chi connectivity index (χ3v) is 3.60. The van der Waals surface area contributed by atoms with E-state index in [4.69, 9.17) is 0 Å². The second kappa shape index (κ2) is 7.48. The number of hydrogen-bond donors (Lipinski definition) is 2. The van der Waals surface area contributed by atoms with Crippen molar-refractivity contribution in [1.82, 2.24) is 20.1 Å². The predicted molar refractivity (Wildman–Crippen MR) is 98.0 cm³/mol. The number of pyridine rings is 1. The molecule has 2 heterocycles. The number of hydrogen-bond acceptors (Lipinski definition) is 4. The Morgan fingerprint density at radius 3 is 2.80 bits per heavy atom. The summed E-state index contributed by atoms with van der Waals surface area (Å²) in [5.41, 5.74) is 2.53. The van der Waals surface area contributed by atoms with Crippen LogP contribution in [0, 0.1) is 0 Å². The van der Waals surface area contributed by atoms with E-state index in [0.29, 0.717) is 12.2 Å². The zero-order valence-electron chi connectivity index (χ0n) is 14.2. The number of urea groups is 1. The van der Waals surface area contributed by atoms with Gasteiger partial charge in [0, 0.05) is 50.5 Å². The molecule has 0 radical (unpaired) electrons. The van der Waals surface area contributed by atoms with E-state index in [1.165, 1.54) is 0 Å². The maximum absolute atomic E-state index is 12.2. The summed E-state index contributed by atoms with van der Waals surface area (Å²) >= 11 is 0. The molecule has 0 aliphatic heterocycles. The van der Waals surface area contributed by atoms with E-state index >= 15 is 0 Å². The fraction of sp³-hybridized carbons (Fsp3) is 0.167. The van der Waals surface area contributed by atoms with Crippen molar-refractivity contribution in [2.24, 2.45) is 0 Å². The molecule has 1 aromatic carbocycles. The summed E-state index contributed by atoms with van der Waals surface area (Å²) in [4.78, 5) is 18.4. The minimum Gasteiger partial charge on any atom is -0.362 e. The van der Waals surface area contributed by atoms with Gasteiger partial charge in [-0.2, -0.15) is 5.10 Å². The largest absolute Gasteiger partial charge is 0.362 e. The Morgan fingerprint density at radius 2 is 2.04 bits per heavy atom. The lowest BCUT2D eigenvalue weighted by Crippen LogP contribution is -2.29. The SMILES string of the molecule is CN(C)c1ncccc1CNC(=O)Nc1cccc(-n2cccn2)c1. The second-order valence-corrected chi connectivity index (χ2v) is 5.69. The van der Waals surface area contributed by atoms with Crippen molar-refractivity contribution in [3.8, 4) is 5.69 Å². The van der Waals surface area contributed by atoms with E-state index in [0.717, 1.165) is 17.1 Å². The molecule has 3 rings (SSSR count). The molecule has 7 nitrogen and oxygen atoms in total. The summed E-state index contributed by atoms with van der Waals surface area (Å²) in [7, 11) is 3.85. The van der Waals surface area contributed by atoms with Gasteiger partial charge in [0.25, 0.3) is 0 Å². The predicted octanol–water partition coefficient (Wildman–Crippen LogP) is 2.66. The number of aromatic nitrogens is 3. The van der Waals surface area contributed by atoms with E-state index in [-0.39, 0.29) is 6.03 Å². The van der Waals surface area contributed by atoms with E-state index in [2.05, 4.69) is 20.7 Å². The quantitative estimate of drug-likeness (QED) is 0.751. The van der Waals surface area contributed by atoms with Gasteiger partial charge in [-0.15, -0.1) is 0 Å². The topological polar surface area (TPSA) is 75.1 Å². The first kappa shape index (κ1) is 16.5. The Balaban J connectivity index is 1.63. The highest BCUT2D eigenvalue weighted by molar-refractivity contribution is 5.89. The third kappa shape index (κ3) is 4.14. The van der Waals surface area contributed by atoms with E-state index in [9.17, 15) is 4.79 Å². The number of rotatable bonds is 5. The first-order valence-corrected chi connectivity index (χ1v) is 7.89. The molecule has 128 valence electrons. The van der Waals surface area contributed by atoms with Crippen LogP contribution in [0.5, 0.6) is 0 Å². The summed E-state index contributed by atoms with van der Waals surface area (Å²) in [5.74, 6) is 0.837. The normalized spacial score (nSPS) is 10.3. The number of nitrogens with zero attached hydrogens (tertiary/aromatic N) is 4. The van der Waals surface area contributed by atoms with Gasteiger partial charge in [-0.25, -0.2) is 14.5 Å². The third-order valence-electron chi connectivity index (χ3n) is 3.60. The lowest BCUT2D eigenvalue weighted by molar-refractivity contribution is 0.251. The molecule has 0 fully saturated rings. The molecular weight excluding hydrogens is 316 g/mol. The Hall–Kier alpha value is -3.35. The molecule has 0 atom stereocenters. The van der Waals surface area contributed by atoms with E-state index in [1.807, 2.05) is 67.7 Å². The number of benzene rings is 1. The van der Waals surface area contributed by atoms with Crippen molar-refractivity contribution in [3.63, 3.8) is 0 Å². The van der Waals surface area contributed by atoms with Gasteiger partial charge in [0.15, 0.2) is 0 Å². The molecule has 2 N–H and O–H groups in total. The van der Waals surface area contributed by atoms with Gasteiger partial charge in [0.1, 0.15) is 5.82 Å². The van der Waals surface area contributed by atoms with Crippen molar-refractivity contribution < 1.29 is 4.79 Å². The van der Waals surface area contributed by atoms with Crippen molar-refractivity contribution in [1.29, 1.82) is 0 Å². The van der Waals surface area contributed by atoms with Crippen molar-refractivity contribution in [3.05, 3.63) is 66.6 Å². The van der Waals surface area contributed by atoms with Crippen LogP contribution >= 0.6 is 0 Å². The molecule has 0 aliphatic carbocycles. The lowest BCUT2D eigenvalue weighted by atomic mass is 10.2. The van der Waals surface area contributed by atoms with E-state index < -0.39 is 0 Å². The van der Waals surface area contributed by atoms with Crippen LogP contribution < -0.4 is 15.5 Å². The first-order chi connectivity index (χ1) is 12.1. The van der Waals surface area contributed by atoms with Crippen LogP contribution in [-0.4, -0.2) is 34.9 Å². The number of nitrogens with one attached hydrogen (secondary N) is 2. The maximum Gasteiger partial charge on any atom is 0.319 e. The molecule has 25 heavy (non-hydrogen) atoms. The molecule has 2 aromatic heterocycles. The van der Waals surface area contributed by atoms with E-state index in [1.54, 1.807) is 17.1 Å². The smallest absolute Gasteiger partial charge is 0.319 e. The number of amides is 2. The zero-order valence-corrected chi connectivity index (χ0v) is 14.2. The van der Waals surface area contributed by atoms with Crippen molar-refractivity contribution in [2.75, 3.05) is 24.3 Å². The van der Waals surface area contributed by atoms with Gasteiger partial charge in [-0.1, -0.05) is 12.1 Å². The minimum atomic E-state index is -0.272. The van der Waals surface area contributed by atoms with Crippen LogP contribution in [0.1, 0.15) is 5.56 Å². The highest BCUT2D eigenvalue weighted by Crippen LogP contribution is 2.15. The average molecular weight is 336 g/mol. The summed E-state index contributed by atoms with van der Waals surface area (Å²) in [6.45, 7) is 0.395. The molecular formula is C18H20N6O. The Bertz CT molecular complexity index is 844. The maximum atomic E-state index is 12.2. The fourth-order valence-corrected chi connectivity index (χ4v) is 2.47. The minimum absolute atomic E-state index is 0.272. The van der Waals surface area contributed by atoms with Crippen LogP contribution in [0.15, 0.2) is 61.1 Å². The first-order valence-electron chi connectivity index (χ1n) is 7.89. The van der Waals surface area contributed by atoms with Crippen LogP contribution in [-0.2, 0) is 6.54 Å². The molecule has 3 aromatic rings. The average Bonchev–Trinajstić information content (AvgIpc) is 3.15. The molecule has 0 saturated carbocycles. The lowest BCUT2D eigenvalue weighted by Gasteiger charge is -2.16. The highest BCUT2D eigenvalue weighted by atomic mass is 16.2. The van der Waals surface area contributed by atoms with Gasteiger partial charge in [0.2, 0.25) is 0 Å². The van der Waals surface area contributed by atoms with Crippen LogP contribution in [0.25, 0.3) is 5.69 Å². The standard InChI is InChI=1S/C18H20N6O/c1-23(2)17-14(6-4-9-19-17)13-20-18(25)22-15-7-3-8-16(12-15)24-11-5-10-21-24/h3-12H,13H2,1-2H3,(H2,20,22,25). The summed E-state index contributed by atoms with van der Waals surface area (Å²) in [6, 6.07) is 12.9. The Kier molecular flexibility index (Phi) is 4.94. The number of carbonyl (C=O) groups excluding carboxylic acids is 1. The molecule has 0 unspecified atom stereocenters. The zero-order chi connectivity index (χ0) is 17.6. The second-order valence-electron chi connectivity index (χ2n) is 5.69. The Morgan fingerprint density at radius 1 is 1.16 bits per heavy atom. The summed E-state index contributed by atoms with van der Waals surface area (Å²) in [6.07, 6.45) is 5.30. The molecule has 7 heteroatoms. The number of carbonyl (C=O) groups is 1. The molecule has 0 bridgehead atoms. The molecule has 2 amide bonds.